The first-order valence-corrected chi connectivity index (χ1v) is 5.57. The molecule has 0 aromatic carbocycles. The van der Waals surface area contributed by atoms with E-state index < -0.39 is 0 Å². The first-order valence-electron chi connectivity index (χ1n) is 4.58. The highest BCUT2D eigenvalue weighted by Crippen LogP contribution is 2.40. The van der Waals surface area contributed by atoms with E-state index in [1.54, 1.807) is 0 Å². The van der Waals surface area contributed by atoms with Crippen LogP contribution in [0.3, 0.4) is 0 Å². The summed E-state index contributed by atoms with van der Waals surface area (Å²) in [7, 11) is 0. The summed E-state index contributed by atoms with van der Waals surface area (Å²) in [4.78, 5) is 0. The SMILES string of the molecule is CC1(C)SCC1NC1CCC1. The van der Waals surface area contributed by atoms with E-state index in [0.717, 1.165) is 12.1 Å². The molecule has 1 saturated carbocycles. The van der Waals surface area contributed by atoms with Crippen molar-refractivity contribution >= 4 is 11.8 Å². The summed E-state index contributed by atoms with van der Waals surface area (Å²) in [5.74, 6) is 1.32. The molecular weight excluding hydrogens is 154 g/mol. The van der Waals surface area contributed by atoms with E-state index in [2.05, 4.69) is 30.9 Å². The summed E-state index contributed by atoms with van der Waals surface area (Å²) in [6.07, 6.45) is 4.27. The standard InChI is InChI=1S/C9H17NS/c1-9(2)8(6-11-9)10-7-4-3-5-7/h7-8,10H,3-6H2,1-2H3. The Morgan fingerprint density at radius 1 is 1.36 bits per heavy atom. The third kappa shape index (κ3) is 1.43. The number of nitrogens with one attached hydrogen (secondary N) is 1. The van der Waals surface area contributed by atoms with Crippen molar-refractivity contribution in [2.24, 2.45) is 0 Å². The van der Waals surface area contributed by atoms with Crippen LogP contribution in [0.15, 0.2) is 0 Å². The Morgan fingerprint density at radius 3 is 2.36 bits per heavy atom. The van der Waals surface area contributed by atoms with Gasteiger partial charge in [0.2, 0.25) is 0 Å². The van der Waals surface area contributed by atoms with Crippen LogP contribution in [0.1, 0.15) is 33.1 Å². The minimum Gasteiger partial charge on any atom is -0.309 e. The molecule has 1 aliphatic carbocycles. The fraction of sp³-hybridized carbons (Fsp3) is 1.00. The largest absolute Gasteiger partial charge is 0.309 e. The first-order chi connectivity index (χ1) is 5.18. The van der Waals surface area contributed by atoms with Gasteiger partial charge in [-0.3, -0.25) is 0 Å². The lowest BCUT2D eigenvalue weighted by Gasteiger charge is -2.47. The van der Waals surface area contributed by atoms with Gasteiger partial charge in [0.05, 0.1) is 0 Å². The zero-order chi connectivity index (χ0) is 7.90. The monoisotopic (exact) mass is 171 g/mol. The maximum Gasteiger partial charge on any atom is 0.0302 e. The molecule has 2 fully saturated rings. The lowest BCUT2D eigenvalue weighted by Crippen LogP contribution is -2.58. The van der Waals surface area contributed by atoms with Crippen molar-refractivity contribution in [1.82, 2.24) is 5.32 Å². The second-order valence-electron chi connectivity index (χ2n) is 4.26. The highest BCUT2D eigenvalue weighted by molar-refractivity contribution is 8.02. The topological polar surface area (TPSA) is 12.0 Å². The molecule has 2 heteroatoms. The van der Waals surface area contributed by atoms with E-state index in [4.69, 9.17) is 0 Å². The summed E-state index contributed by atoms with van der Waals surface area (Å²) in [6, 6.07) is 1.65. The van der Waals surface area contributed by atoms with Gasteiger partial charge in [-0.1, -0.05) is 6.42 Å². The predicted octanol–water partition coefficient (Wildman–Crippen LogP) is 2.02. The molecule has 1 aliphatic heterocycles. The number of rotatable bonds is 2. The van der Waals surface area contributed by atoms with Gasteiger partial charge in [-0.2, -0.15) is 11.8 Å². The van der Waals surface area contributed by atoms with E-state index in [-0.39, 0.29) is 0 Å². The van der Waals surface area contributed by atoms with Gasteiger partial charge in [-0.05, 0) is 26.7 Å². The normalized spacial score (nSPS) is 36.0. The van der Waals surface area contributed by atoms with Crippen LogP contribution >= 0.6 is 11.8 Å². The Morgan fingerprint density at radius 2 is 2.09 bits per heavy atom. The predicted molar refractivity (Wildman–Crippen MR) is 51.1 cm³/mol. The summed E-state index contributed by atoms with van der Waals surface area (Å²) >= 11 is 2.08. The highest BCUT2D eigenvalue weighted by atomic mass is 32.2. The smallest absolute Gasteiger partial charge is 0.0302 e. The van der Waals surface area contributed by atoms with Crippen molar-refractivity contribution in [2.75, 3.05) is 5.75 Å². The molecule has 1 nitrogen and oxygen atoms in total. The number of thioether (sulfide) groups is 1. The Labute approximate surface area is 73.3 Å². The second-order valence-corrected chi connectivity index (χ2v) is 5.94. The molecule has 2 rings (SSSR count). The van der Waals surface area contributed by atoms with Crippen molar-refractivity contribution in [3.8, 4) is 0 Å². The van der Waals surface area contributed by atoms with Crippen LogP contribution in [-0.4, -0.2) is 22.6 Å². The van der Waals surface area contributed by atoms with Gasteiger partial charge in [0.25, 0.3) is 0 Å². The molecule has 0 spiro atoms. The Kier molecular flexibility index (Phi) is 1.92. The lowest BCUT2D eigenvalue weighted by molar-refractivity contribution is 0.284. The van der Waals surface area contributed by atoms with Crippen molar-refractivity contribution < 1.29 is 0 Å². The van der Waals surface area contributed by atoms with Crippen LogP contribution in [0.25, 0.3) is 0 Å². The lowest BCUT2D eigenvalue weighted by atomic mass is 9.91. The molecule has 0 bridgehead atoms. The minimum atomic E-state index is 0.510. The Hall–Kier alpha value is 0.310. The molecule has 0 aromatic rings. The van der Waals surface area contributed by atoms with E-state index in [1.165, 1.54) is 25.0 Å². The summed E-state index contributed by atoms with van der Waals surface area (Å²) < 4.78 is 0.510. The van der Waals surface area contributed by atoms with Gasteiger partial charge in [0, 0.05) is 22.6 Å². The van der Waals surface area contributed by atoms with Crippen LogP contribution in [0, 0.1) is 0 Å². The van der Waals surface area contributed by atoms with E-state index in [1.807, 2.05) is 0 Å². The molecule has 64 valence electrons. The van der Waals surface area contributed by atoms with Gasteiger partial charge in [0.15, 0.2) is 0 Å². The quantitative estimate of drug-likeness (QED) is 0.682. The van der Waals surface area contributed by atoms with Gasteiger partial charge < -0.3 is 5.32 Å². The highest BCUT2D eigenvalue weighted by Gasteiger charge is 2.40. The molecule has 1 unspecified atom stereocenters. The molecule has 1 heterocycles. The van der Waals surface area contributed by atoms with E-state index >= 15 is 0 Å². The summed E-state index contributed by atoms with van der Waals surface area (Å²) in [6.45, 7) is 4.69. The van der Waals surface area contributed by atoms with Crippen molar-refractivity contribution in [2.45, 2.75) is 49.9 Å². The van der Waals surface area contributed by atoms with E-state index in [9.17, 15) is 0 Å². The summed E-state index contributed by atoms with van der Waals surface area (Å²) in [5.41, 5.74) is 0. The molecule has 0 radical (unpaired) electrons. The average Bonchev–Trinajstić information content (AvgIpc) is 1.83. The third-order valence-electron chi connectivity index (χ3n) is 3.00. The average molecular weight is 171 g/mol. The molecular formula is C9H17NS. The van der Waals surface area contributed by atoms with Crippen molar-refractivity contribution in [3.63, 3.8) is 0 Å². The fourth-order valence-electron chi connectivity index (χ4n) is 1.61. The van der Waals surface area contributed by atoms with Gasteiger partial charge in [0.1, 0.15) is 0 Å². The van der Waals surface area contributed by atoms with Gasteiger partial charge in [-0.15, -0.1) is 0 Å². The Bertz CT molecular complexity index is 152. The van der Waals surface area contributed by atoms with Crippen molar-refractivity contribution in [1.29, 1.82) is 0 Å². The van der Waals surface area contributed by atoms with Crippen LogP contribution in [0.2, 0.25) is 0 Å². The number of hydrogen-bond donors (Lipinski definition) is 1. The zero-order valence-corrected chi connectivity index (χ0v) is 8.21. The second kappa shape index (κ2) is 2.67. The zero-order valence-electron chi connectivity index (χ0n) is 7.39. The molecule has 1 saturated heterocycles. The third-order valence-corrected chi connectivity index (χ3v) is 4.53. The van der Waals surface area contributed by atoms with Gasteiger partial charge >= 0.3 is 0 Å². The minimum absolute atomic E-state index is 0.510. The molecule has 0 amide bonds. The summed E-state index contributed by atoms with van der Waals surface area (Å²) in [5, 5.41) is 3.72. The molecule has 1 atom stereocenters. The first kappa shape index (κ1) is 7.93. The van der Waals surface area contributed by atoms with E-state index in [0.29, 0.717) is 4.75 Å². The van der Waals surface area contributed by atoms with Gasteiger partial charge in [-0.25, -0.2) is 0 Å². The van der Waals surface area contributed by atoms with Crippen LogP contribution in [0.5, 0.6) is 0 Å². The fourth-order valence-corrected chi connectivity index (χ4v) is 2.77. The van der Waals surface area contributed by atoms with Crippen LogP contribution in [-0.2, 0) is 0 Å². The molecule has 0 aromatic heterocycles. The number of hydrogen-bond acceptors (Lipinski definition) is 2. The van der Waals surface area contributed by atoms with Crippen LogP contribution < -0.4 is 5.32 Å². The maximum absolute atomic E-state index is 3.72. The molecule has 11 heavy (non-hydrogen) atoms. The molecule has 1 N–H and O–H groups in total. The molecule has 2 aliphatic rings. The van der Waals surface area contributed by atoms with Crippen molar-refractivity contribution in [3.05, 3.63) is 0 Å². The van der Waals surface area contributed by atoms with Crippen LogP contribution in [0.4, 0.5) is 0 Å². The Balaban J connectivity index is 1.78. The maximum atomic E-state index is 3.72.